The molecule has 0 fully saturated rings. The molecule has 0 saturated heterocycles. The fourth-order valence-corrected chi connectivity index (χ4v) is 7.24. The van der Waals surface area contributed by atoms with Crippen LogP contribution in [0, 0.1) is 38.6 Å². The number of rotatable bonds is 5. The molecule has 4 aromatic heterocycles. The summed E-state index contributed by atoms with van der Waals surface area (Å²) >= 11 is 0. The third-order valence-electron chi connectivity index (χ3n) is 9.86. The predicted molar refractivity (Wildman–Crippen MR) is 219 cm³/mol. The van der Waals surface area contributed by atoms with E-state index in [2.05, 4.69) is 111 Å². The van der Waals surface area contributed by atoms with Crippen LogP contribution in [-0.2, 0) is 20.1 Å². The normalized spacial score (nSPS) is 12.5. The van der Waals surface area contributed by atoms with Crippen LogP contribution in [0.25, 0.3) is 72.2 Å². The Labute approximate surface area is 338 Å². The van der Waals surface area contributed by atoms with Crippen LogP contribution in [-0.4, -0.2) is 19.5 Å². The molecule has 5 aromatic carbocycles. The van der Waals surface area contributed by atoms with Crippen LogP contribution in [0.1, 0.15) is 71.6 Å². The van der Waals surface area contributed by atoms with Crippen LogP contribution in [0.5, 0.6) is 0 Å². The molecule has 0 aliphatic rings. The molecule has 0 saturated carbocycles. The maximum Gasteiger partial charge on any atom is 0.120 e. The molecule has 0 spiro atoms. The minimum absolute atomic E-state index is 0. The fraction of sp³-hybridized carbons (Fsp3) is 0.188. The summed E-state index contributed by atoms with van der Waals surface area (Å²) in [6.07, 6.45) is 1.63. The average molecular weight is 904 g/mol. The van der Waals surface area contributed by atoms with Crippen molar-refractivity contribution in [2.75, 3.05) is 0 Å². The molecular formula is C48H41FIrN4O-2. The van der Waals surface area contributed by atoms with E-state index in [1.165, 1.54) is 22.9 Å². The molecule has 7 heteroatoms. The summed E-state index contributed by atoms with van der Waals surface area (Å²) in [5, 5.41) is 3.21. The van der Waals surface area contributed by atoms with E-state index in [9.17, 15) is 4.39 Å². The van der Waals surface area contributed by atoms with E-state index in [-0.39, 0.29) is 31.2 Å². The third kappa shape index (κ3) is 6.88. The number of aromatic nitrogens is 4. The maximum atomic E-state index is 13.8. The standard InChI is InChI=1S/C35H30N3O.C13H11FN.Ir/c1-20(2)23-14-10-15-24(21(3)4)33(23)38-32-22(5)36-29-18-8-6-13-27(29)31(32)37-35(38)28-17-11-16-26-25-12-7-9-19-30(25)39-34(26)28;1-9-3-5-11(12(14)7-9)13-6-4-10(2)8-15-13;/h6-16,18-21H,1-5H3;3-4,6-8H,1-2H3;/q2*-1;/i;1D3;. The number of fused-ring (bicyclic) bond motifs is 6. The monoisotopic (exact) mass is 904 g/mol. The molecule has 0 amide bonds. The van der Waals surface area contributed by atoms with Gasteiger partial charge in [-0.2, -0.15) is 0 Å². The summed E-state index contributed by atoms with van der Waals surface area (Å²) < 4.78 is 44.3. The Bertz CT molecular complexity index is 2920. The van der Waals surface area contributed by atoms with Crippen LogP contribution in [0.2, 0.25) is 0 Å². The zero-order chi connectivity index (χ0) is 40.2. The molecule has 4 heterocycles. The number of benzene rings is 5. The molecule has 9 rings (SSSR count). The minimum atomic E-state index is -2.32. The molecule has 0 aliphatic heterocycles. The largest absolute Gasteiger partial charge is 0.501 e. The molecular weight excluding hydrogens is 860 g/mol. The second-order valence-corrected chi connectivity index (χ2v) is 14.3. The van der Waals surface area contributed by atoms with Gasteiger partial charge in [-0.3, -0.25) is 14.4 Å². The Morgan fingerprint density at radius 3 is 2.18 bits per heavy atom. The van der Waals surface area contributed by atoms with Crippen molar-refractivity contribution >= 4 is 43.9 Å². The van der Waals surface area contributed by atoms with Gasteiger partial charge in [0, 0.05) is 52.7 Å². The number of hydrogen-bond donors (Lipinski definition) is 0. The summed E-state index contributed by atoms with van der Waals surface area (Å²) in [5.74, 6) is 0.846. The number of hydrogen-bond acceptors (Lipinski definition) is 4. The second kappa shape index (κ2) is 15.3. The number of aryl methyl sites for hydroxylation is 3. The number of imidazole rings is 1. The topological polar surface area (TPSA) is 56.7 Å². The Morgan fingerprint density at radius 2 is 1.49 bits per heavy atom. The average Bonchev–Trinajstić information content (AvgIpc) is 3.78. The zero-order valence-corrected chi connectivity index (χ0v) is 33.9. The Kier molecular flexibility index (Phi) is 9.49. The van der Waals surface area contributed by atoms with Gasteiger partial charge in [-0.05, 0) is 60.2 Å². The van der Waals surface area contributed by atoms with Gasteiger partial charge in [0.15, 0.2) is 0 Å². The number of para-hydroxylation sites is 3. The van der Waals surface area contributed by atoms with Crippen molar-refractivity contribution in [2.24, 2.45) is 0 Å². The summed E-state index contributed by atoms with van der Waals surface area (Å²) in [4.78, 5) is 14.5. The first-order valence-electron chi connectivity index (χ1n) is 19.7. The van der Waals surface area contributed by atoms with Gasteiger partial charge in [0.05, 0.1) is 33.7 Å². The molecule has 1 radical (unpaired) electrons. The van der Waals surface area contributed by atoms with Crippen molar-refractivity contribution in [1.29, 1.82) is 0 Å². The van der Waals surface area contributed by atoms with Gasteiger partial charge in [0.25, 0.3) is 0 Å². The molecule has 9 aromatic rings. The van der Waals surface area contributed by atoms with Gasteiger partial charge in [-0.15, -0.1) is 42.0 Å². The molecule has 0 atom stereocenters. The predicted octanol–water partition coefficient (Wildman–Crippen LogP) is 12.8. The van der Waals surface area contributed by atoms with Crippen LogP contribution in [0.4, 0.5) is 4.39 Å². The Balaban J connectivity index is 0.000000227. The van der Waals surface area contributed by atoms with Crippen molar-refractivity contribution in [1.82, 2.24) is 19.5 Å². The van der Waals surface area contributed by atoms with Crippen molar-refractivity contribution in [3.05, 3.63) is 155 Å². The molecule has 277 valence electrons. The summed E-state index contributed by atoms with van der Waals surface area (Å²) in [5.41, 5.74) is 11.7. The van der Waals surface area contributed by atoms with Crippen LogP contribution in [0.3, 0.4) is 0 Å². The van der Waals surface area contributed by atoms with E-state index in [1.807, 2.05) is 37.3 Å². The van der Waals surface area contributed by atoms with Gasteiger partial charge in [-0.25, -0.2) is 0 Å². The summed E-state index contributed by atoms with van der Waals surface area (Å²) in [7, 11) is 0. The number of nitrogens with zero attached hydrogens (tertiary/aromatic N) is 4. The molecule has 0 N–H and O–H groups in total. The van der Waals surface area contributed by atoms with E-state index < -0.39 is 12.7 Å². The molecule has 5 nitrogen and oxygen atoms in total. The number of halogens is 1. The van der Waals surface area contributed by atoms with Crippen LogP contribution in [0.15, 0.2) is 114 Å². The van der Waals surface area contributed by atoms with Crippen molar-refractivity contribution in [3.8, 4) is 28.3 Å². The number of pyridine rings is 2. The van der Waals surface area contributed by atoms with Gasteiger partial charge in [-0.1, -0.05) is 118 Å². The van der Waals surface area contributed by atoms with Crippen LogP contribution < -0.4 is 0 Å². The SMILES string of the molecule is Cc1nc2ccccc2c2nc(-c3[c-]ccc4c3oc3ccccc34)n(-c3c(C(C)C)cccc3C(C)C)c12.[2H]C([2H])([2H])c1c[c-]c(-c2ccc(C)cn2)c(F)c1.[Ir]. The van der Waals surface area contributed by atoms with Crippen molar-refractivity contribution < 1.29 is 33.0 Å². The molecule has 0 unspecified atom stereocenters. The van der Waals surface area contributed by atoms with E-state index in [0.717, 1.165) is 72.6 Å². The second-order valence-electron chi connectivity index (χ2n) is 14.3. The quantitative estimate of drug-likeness (QED) is 0.162. The van der Waals surface area contributed by atoms with Gasteiger partial charge in [0.2, 0.25) is 0 Å². The number of furan rings is 1. The zero-order valence-electron chi connectivity index (χ0n) is 34.5. The summed E-state index contributed by atoms with van der Waals surface area (Å²) in [6.45, 7) is 10.7. The molecule has 0 bridgehead atoms. The van der Waals surface area contributed by atoms with Crippen LogP contribution >= 0.6 is 0 Å². The first-order valence-corrected chi connectivity index (χ1v) is 18.2. The van der Waals surface area contributed by atoms with E-state index in [4.69, 9.17) is 18.5 Å². The van der Waals surface area contributed by atoms with Gasteiger partial charge < -0.3 is 14.0 Å². The first kappa shape index (κ1) is 34.0. The van der Waals surface area contributed by atoms with E-state index >= 15 is 0 Å². The third-order valence-corrected chi connectivity index (χ3v) is 9.86. The maximum absolute atomic E-state index is 13.8. The first-order chi connectivity index (χ1) is 27.3. The minimum Gasteiger partial charge on any atom is -0.501 e. The summed E-state index contributed by atoms with van der Waals surface area (Å²) in [6, 6.07) is 39.2. The Morgan fingerprint density at radius 1 is 0.764 bits per heavy atom. The molecule has 55 heavy (non-hydrogen) atoms. The van der Waals surface area contributed by atoms with Gasteiger partial charge in [0.1, 0.15) is 5.58 Å². The fourth-order valence-electron chi connectivity index (χ4n) is 7.24. The molecule has 0 aliphatic carbocycles. The van der Waals surface area contributed by atoms with Crippen molar-refractivity contribution in [2.45, 2.75) is 60.2 Å². The van der Waals surface area contributed by atoms with E-state index in [1.54, 1.807) is 12.3 Å². The smallest absolute Gasteiger partial charge is 0.120 e. The Hall–Kier alpha value is -5.49. The van der Waals surface area contributed by atoms with E-state index in [0.29, 0.717) is 17.5 Å². The van der Waals surface area contributed by atoms with Crippen molar-refractivity contribution in [3.63, 3.8) is 0 Å². The van der Waals surface area contributed by atoms with Gasteiger partial charge >= 0.3 is 0 Å².